The number of aryl methyl sites for hydroxylation is 1. The van der Waals surface area contributed by atoms with Gasteiger partial charge in [-0.15, -0.1) is 0 Å². The van der Waals surface area contributed by atoms with Gasteiger partial charge < -0.3 is 15.4 Å². The molecule has 1 fully saturated rings. The van der Waals surface area contributed by atoms with Crippen LogP contribution in [0.5, 0.6) is 0 Å². The Morgan fingerprint density at radius 3 is 2.40 bits per heavy atom. The molecule has 0 aromatic heterocycles. The van der Waals surface area contributed by atoms with Gasteiger partial charge in [-0.1, -0.05) is 0 Å². The fourth-order valence-electron chi connectivity index (χ4n) is 1.95. The second-order valence-electron chi connectivity index (χ2n) is 4.12. The monoisotopic (exact) mass is 201 g/mol. The highest BCUT2D eigenvalue weighted by Crippen LogP contribution is 2.21. The quantitative estimate of drug-likeness (QED) is 0.538. The highest BCUT2D eigenvalue weighted by atomic mass is 15.2. The van der Waals surface area contributed by atoms with Crippen LogP contribution in [-0.4, -0.2) is 39.0 Å². The van der Waals surface area contributed by atoms with Crippen molar-refractivity contribution in [3.8, 4) is 0 Å². The molecule has 4 heteroatoms. The average molecular weight is 201 g/mol. The third-order valence-corrected chi connectivity index (χ3v) is 2.76. The molecule has 0 saturated carbocycles. The SMILES string of the molecule is [B]N1CCN(c2cc(C)cc(N)c2)CC1. The molecule has 1 aliphatic heterocycles. The fraction of sp³-hybridized carbons (Fsp3) is 0.455. The van der Waals surface area contributed by atoms with Crippen molar-refractivity contribution in [3.05, 3.63) is 23.8 Å². The molecule has 15 heavy (non-hydrogen) atoms. The van der Waals surface area contributed by atoms with Crippen LogP contribution in [0, 0.1) is 6.92 Å². The Kier molecular flexibility index (Phi) is 2.87. The van der Waals surface area contributed by atoms with Crippen molar-refractivity contribution in [2.24, 2.45) is 0 Å². The molecule has 1 heterocycles. The number of rotatable bonds is 1. The van der Waals surface area contributed by atoms with Crippen LogP contribution in [0.1, 0.15) is 5.56 Å². The van der Waals surface area contributed by atoms with E-state index in [0.717, 1.165) is 31.9 Å². The van der Waals surface area contributed by atoms with Crippen LogP contribution in [0.2, 0.25) is 0 Å². The molecule has 1 aliphatic rings. The second-order valence-corrected chi connectivity index (χ2v) is 4.12. The zero-order valence-corrected chi connectivity index (χ0v) is 9.11. The van der Waals surface area contributed by atoms with Gasteiger partial charge in [-0.2, -0.15) is 0 Å². The first kappa shape index (κ1) is 10.4. The Balaban J connectivity index is 2.15. The molecule has 0 unspecified atom stereocenters. The van der Waals surface area contributed by atoms with E-state index in [2.05, 4.69) is 17.9 Å². The minimum Gasteiger partial charge on any atom is -0.399 e. The van der Waals surface area contributed by atoms with Crippen LogP contribution in [-0.2, 0) is 0 Å². The molecular weight excluding hydrogens is 185 g/mol. The van der Waals surface area contributed by atoms with Crippen LogP contribution in [0.3, 0.4) is 0 Å². The molecule has 0 amide bonds. The van der Waals surface area contributed by atoms with Crippen molar-refractivity contribution < 1.29 is 0 Å². The standard InChI is InChI=1S/C11H16BN3/c1-9-6-10(13)8-11(7-9)14-2-4-15(12)5-3-14/h6-8H,2-5,13H2,1H3. The number of anilines is 2. The molecule has 1 saturated heterocycles. The molecule has 78 valence electrons. The highest BCUT2D eigenvalue weighted by Gasteiger charge is 2.14. The maximum Gasteiger partial charge on any atom is 0.182 e. The Labute approximate surface area is 92.3 Å². The zero-order chi connectivity index (χ0) is 10.8. The van der Waals surface area contributed by atoms with Gasteiger partial charge in [0.05, 0.1) is 0 Å². The molecule has 3 nitrogen and oxygen atoms in total. The number of nitrogen functional groups attached to an aromatic ring is 1. The van der Waals surface area contributed by atoms with E-state index in [1.165, 1.54) is 11.3 Å². The number of hydrogen-bond acceptors (Lipinski definition) is 3. The van der Waals surface area contributed by atoms with Crippen LogP contribution in [0.15, 0.2) is 18.2 Å². The lowest BCUT2D eigenvalue weighted by atomic mass is 10.1. The Morgan fingerprint density at radius 1 is 1.13 bits per heavy atom. The van der Waals surface area contributed by atoms with Crippen LogP contribution in [0.25, 0.3) is 0 Å². The van der Waals surface area contributed by atoms with E-state index in [-0.39, 0.29) is 0 Å². The molecule has 0 spiro atoms. The summed E-state index contributed by atoms with van der Waals surface area (Å²) >= 11 is 0. The van der Waals surface area contributed by atoms with Gasteiger partial charge in [0.2, 0.25) is 0 Å². The lowest BCUT2D eigenvalue weighted by Crippen LogP contribution is -2.45. The third-order valence-electron chi connectivity index (χ3n) is 2.76. The first-order valence-corrected chi connectivity index (χ1v) is 5.27. The van der Waals surface area contributed by atoms with Gasteiger partial charge in [0, 0.05) is 37.6 Å². The Hall–Kier alpha value is -1.16. The topological polar surface area (TPSA) is 32.5 Å². The molecule has 1 aromatic carbocycles. The predicted octanol–water partition coefficient (Wildman–Crippen LogP) is 0.783. The van der Waals surface area contributed by atoms with Gasteiger partial charge in [0.1, 0.15) is 0 Å². The highest BCUT2D eigenvalue weighted by molar-refractivity contribution is 6.04. The first-order valence-electron chi connectivity index (χ1n) is 5.27. The number of piperazine rings is 1. The average Bonchev–Trinajstić information content (AvgIpc) is 2.17. The molecule has 2 radical (unpaired) electrons. The van der Waals surface area contributed by atoms with Gasteiger partial charge in [0.15, 0.2) is 7.98 Å². The molecule has 0 bridgehead atoms. The fourth-order valence-corrected chi connectivity index (χ4v) is 1.95. The summed E-state index contributed by atoms with van der Waals surface area (Å²) in [6, 6.07) is 6.18. The summed E-state index contributed by atoms with van der Waals surface area (Å²) in [6.07, 6.45) is 0. The largest absolute Gasteiger partial charge is 0.399 e. The van der Waals surface area contributed by atoms with Crippen LogP contribution < -0.4 is 10.6 Å². The third kappa shape index (κ3) is 2.45. The molecule has 2 N–H and O–H groups in total. The Morgan fingerprint density at radius 2 is 1.80 bits per heavy atom. The zero-order valence-electron chi connectivity index (χ0n) is 9.11. The van der Waals surface area contributed by atoms with E-state index in [4.69, 9.17) is 13.7 Å². The first-order chi connectivity index (χ1) is 7.15. The molecular formula is C11H16BN3. The van der Waals surface area contributed by atoms with Crippen molar-refractivity contribution in [2.75, 3.05) is 36.8 Å². The van der Waals surface area contributed by atoms with Gasteiger partial charge in [-0.25, -0.2) is 0 Å². The van der Waals surface area contributed by atoms with Crippen molar-refractivity contribution in [1.29, 1.82) is 0 Å². The van der Waals surface area contributed by atoms with Crippen molar-refractivity contribution >= 4 is 19.4 Å². The summed E-state index contributed by atoms with van der Waals surface area (Å²) in [4.78, 5) is 4.18. The molecule has 1 aromatic rings. The van der Waals surface area contributed by atoms with E-state index in [1.54, 1.807) is 0 Å². The van der Waals surface area contributed by atoms with Crippen molar-refractivity contribution in [3.63, 3.8) is 0 Å². The van der Waals surface area contributed by atoms with Crippen LogP contribution >= 0.6 is 0 Å². The Bertz CT molecular complexity index is 325. The van der Waals surface area contributed by atoms with E-state index in [1.807, 2.05) is 16.9 Å². The molecule has 2 rings (SSSR count). The molecule has 0 aliphatic carbocycles. The van der Waals surface area contributed by atoms with Crippen LogP contribution in [0.4, 0.5) is 11.4 Å². The summed E-state index contributed by atoms with van der Waals surface area (Å²) in [7, 11) is 5.72. The van der Waals surface area contributed by atoms with Gasteiger partial charge in [-0.05, 0) is 30.7 Å². The van der Waals surface area contributed by atoms with E-state index < -0.39 is 0 Å². The van der Waals surface area contributed by atoms with E-state index in [9.17, 15) is 0 Å². The van der Waals surface area contributed by atoms with Gasteiger partial charge in [0.25, 0.3) is 0 Å². The molecule has 0 atom stereocenters. The lowest BCUT2D eigenvalue weighted by molar-refractivity contribution is 0.415. The van der Waals surface area contributed by atoms with Crippen molar-refractivity contribution in [1.82, 2.24) is 4.81 Å². The smallest absolute Gasteiger partial charge is 0.182 e. The number of nitrogens with two attached hydrogens (primary N) is 1. The summed E-state index contributed by atoms with van der Waals surface area (Å²) in [5.74, 6) is 0. The number of nitrogens with zero attached hydrogens (tertiary/aromatic N) is 2. The minimum atomic E-state index is 0.833. The van der Waals surface area contributed by atoms with E-state index >= 15 is 0 Å². The van der Waals surface area contributed by atoms with Gasteiger partial charge in [-0.3, -0.25) is 0 Å². The predicted molar refractivity (Wildman–Crippen MR) is 65.1 cm³/mol. The van der Waals surface area contributed by atoms with Crippen molar-refractivity contribution in [2.45, 2.75) is 6.92 Å². The second kappa shape index (κ2) is 4.15. The number of hydrogen-bond donors (Lipinski definition) is 1. The summed E-state index contributed by atoms with van der Waals surface area (Å²) in [5.41, 5.74) is 9.08. The summed E-state index contributed by atoms with van der Waals surface area (Å²) in [5, 5.41) is 0. The summed E-state index contributed by atoms with van der Waals surface area (Å²) < 4.78 is 0. The minimum absolute atomic E-state index is 0.833. The normalized spacial score (nSPS) is 18.1. The lowest BCUT2D eigenvalue weighted by Gasteiger charge is -2.34. The summed E-state index contributed by atoms with van der Waals surface area (Å²) in [6.45, 7) is 5.83. The maximum absolute atomic E-state index is 5.83. The maximum atomic E-state index is 5.83. The van der Waals surface area contributed by atoms with E-state index in [0.29, 0.717) is 0 Å². The number of benzene rings is 1. The van der Waals surface area contributed by atoms with Gasteiger partial charge >= 0.3 is 0 Å².